The fourth-order valence-electron chi connectivity index (χ4n) is 1.53. The number of hydrogen-bond acceptors (Lipinski definition) is 2. The number of rotatable bonds is 1. The normalized spacial score (nSPS) is 27.9. The van der Waals surface area contributed by atoms with Crippen LogP contribution in [0.25, 0.3) is 0 Å². The van der Waals surface area contributed by atoms with Gasteiger partial charge in [0.1, 0.15) is 0 Å². The molecule has 0 radical (unpaired) electrons. The van der Waals surface area contributed by atoms with E-state index < -0.39 is 0 Å². The predicted molar refractivity (Wildman–Crippen MR) is 39.0 cm³/mol. The molecule has 1 heterocycles. The highest BCUT2D eigenvalue weighted by molar-refractivity contribution is 6.05. The summed E-state index contributed by atoms with van der Waals surface area (Å²) in [7, 11) is 0. The minimum Gasteiger partial charge on any atom is -0.330 e. The van der Waals surface area contributed by atoms with Crippen molar-refractivity contribution >= 4 is 11.7 Å². The zero-order chi connectivity index (χ0) is 8.06. The zero-order valence-electron chi connectivity index (χ0n) is 6.59. The third kappa shape index (κ3) is 0.951. The molecule has 1 saturated carbocycles. The summed E-state index contributed by atoms with van der Waals surface area (Å²) in [6.07, 6.45) is 2.26. The van der Waals surface area contributed by atoms with Gasteiger partial charge in [0.15, 0.2) is 5.78 Å². The van der Waals surface area contributed by atoms with E-state index in [-0.39, 0.29) is 23.7 Å². The van der Waals surface area contributed by atoms with E-state index in [1.54, 1.807) is 4.90 Å². The molecule has 0 atom stereocenters. The SMILES string of the molecule is CC1(N2CC(=O)CC2=O)CC1. The fraction of sp³-hybridized carbons (Fsp3) is 0.750. The third-order valence-corrected chi connectivity index (χ3v) is 2.61. The van der Waals surface area contributed by atoms with Gasteiger partial charge in [-0.15, -0.1) is 0 Å². The summed E-state index contributed by atoms with van der Waals surface area (Å²) >= 11 is 0. The molecule has 0 aromatic carbocycles. The van der Waals surface area contributed by atoms with Crippen molar-refractivity contribution in [3.05, 3.63) is 0 Å². The monoisotopic (exact) mass is 153 g/mol. The van der Waals surface area contributed by atoms with Crippen LogP contribution in [0.1, 0.15) is 26.2 Å². The second-order valence-corrected chi connectivity index (χ2v) is 3.69. The summed E-state index contributed by atoms with van der Waals surface area (Å²) in [4.78, 5) is 23.8. The highest BCUT2D eigenvalue weighted by Gasteiger charge is 2.48. The van der Waals surface area contributed by atoms with E-state index in [2.05, 4.69) is 0 Å². The number of likely N-dealkylation sites (tertiary alicyclic amines) is 1. The quantitative estimate of drug-likeness (QED) is 0.509. The maximum atomic E-state index is 11.2. The molecule has 0 aromatic rings. The van der Waals surface area contributed by atoms with Gasteiger partial charge in [-0.3, -0.25) is 9.59 Å². The van der Waals surface area contributed by atoms with E-state index in [1.165, 1.54) is 0 Å². The molecule has 3 nitrogen and oxygen atoms in total. The third-order valence-electron chi connectivity index (χ3n) is 2.61. The van der Waals surface area contributed by atoms with Crippen LogP contribution in [0.15, 0.2) is 0 Å². The Bertz CT molecular complexity index is 230. The zero-order valence-corrected chi connectivity index (χ0v) is 6.59. The number of hydrogen-bond donors (Lipinski definition) is 0. The highest BCUT2D eigenvalue weighted by atomic mass is 16.2. The molecule has 0 spiro atoms. The summed E-state index contributed by atoms with van der Waals surface area (Å²) in [5.41, 5.74) is 0.0449. The molecule has 2 fully saturated rings. The molecule has 0 aromatic heterocycles. The Morgan fingerprint density at radius 3 is 2.36 bits per heavy atom. The van der Waals surface area contributed by atoms with Gasteiger partial charge < -0.3 is 4.90 Å². The first kappa shape index (κ1) is 6.83. The largest absolute Gasteiger partial charge is 0.330 e. The Hall–Kier alpha value is -0.860. The molecule has 2 aliphatic rings. The Labute approximate surface area is 65.4 Å². The van der Waals surface area contributed by atoms with Gasteiger partial charge in [0.05, 0.1) is 13.0 Å². The molecule has 3 heteroatoms. The van der Waals surface area contributed by atoms with Crippen LogP contribution >= 0.6 is 0 Å². The van der Waals surface area contributed by atoms with Crippen molar-refractivity contribution in [3.63, 3.8) is 0 Å². The van der Waals surface area contributed by atoms with Gasteiger partial charge in [-0.2, -0.15) is 0 Å². The molecule has 1 aliphatic carbocycles. The number of carbonyl (C=O) groups excluding carboxylic acids is 2. The van der Waals surface area contributed by atoms with Crippen molar-refractivity contribution in [1.82, 2.24) is 4.90 Å². The summed E-state index contributed by atoms with van der Waals surface area (Å²) in [6, 6.07) is 0. The highest BCUT2D eigenvalue weighted by Crippen LogP contribution is 2.42. The first-order valence-corrected chi connectivity index (χ1v) is 3.94. The van der Waals surface area contributed by atoms with Gasteiger partial charge in [0.2, 0.25) is 5.91 Å². The summed E-state index contributed by atoms with van der Waals surface area (Å²) < 4.78 is 0. The molecule has 1 saturated heterocycles. The lowest BCUT2D eigenvalue weighted by Crippen LogP contribution is -2.36. The van der Waals surface area contributed by atoms with Gasteiger partial charge in [-0.05, 0) is 19.8 Å². The average molecular weight is 153 g/mol. The fourth-order valence-corrected chi connectivity index (χ4v) is 1.53. The Morgan fingerprint density at radius 2 is 2.00 bits per heavy atom. The van der Waals surface area contributed by atoms with Gasteiger partial charge in [0.25, 0.3) is 0 Å². The number of ketones is 1. The molecule has 60 valence electrons. The van der Waals surface area contributed by atoms with Crippen LogP contribution in [0, 0.1) is 0 Å². The standard InChI is InChI=1S/C8H11NO2/c1-8(2-3-8)9-5-6(10)4-7(9)11/h2-5H2,1H3. The van der Waals surface area contributed by atoms with Crippen molar-refractivity contribution < 1.29 is 9.59 Å². The summed E-state index contributed by atoms with van der Waals surface area (Å²) in [6.45, 7) is 2.40. The Morgan fingerprint density at radius 1 is 1.36 bits per heavy atom. The second-order valence-electron chi connectivity index (χ2n) is 3.69. The van der Waals surface area contributed by atoms with E-state index in [0.717, 1.165) is 12.8 Å². The smallest absolute Gasteiger partial charge is 0.230 e. The lowest BCUT2D eigenvalue weighted by Gasteiger charge is -2.22. The Balaban J connectivity index is 2.15. The number of nitrogens with zero attached hydrogens (tertiary/aromatic N) is 1. The van der Waals surface area contributed by atoms with Crippen molar-refractivity contribution in [2.75, 3.05) is 6.54 Å². The van der Waals surface area contributed by atoms with Crippen LogP contribution in [-0.4, -0.2) is 28.7 Å². The van der Waals surface area contributed by atoms with Crippen molar-refractivity contribution in [3.8, 4) is 0 Å². The van der Waals surface area contributed by atoms with Crippen LogP contribution in [0.4, 0.5) is 0 Å². The first-order valence-electron chi connectivity index (χ1n) is 3.94. The van der Waals surface area contributed by atoms with Crippen LogP contribution in [0.5, 0.6) is 0 Å². The molecule has 0 N–H and O–H groups in total. The van der Waals surface area contributed by atoms with Gasteiger partial charge in [-0.25, -0.2) is 0 Å². The molecule has 11 heavy (non-hydrogen) atoms. The van der Waals surface area contributed by atoms with Gasteiger partial charge in [0, 0.05) is 5.54 Å². The van der Waals surface area contributed by atoms with Crippen LogP contribution < -0.4 is 0 Å². The van der Waals surface area contributed by atoms with Crippen LogP contribution in [0.3, 0.4) is 0 Å². The topological polar surface area (TPSA) is 37.4 Å². The maximum Gasteiger partial charge on any atom is 0.230 e. The van der Waals surface area contributed by atoms with Gasteiger partial charge in [-0.1, -0.05) is 0 Å². The minimum absolute atomic E-state index is 0.0231. The van der Waals surface area contributed by atoms with E-state index in [4.69, 9.17) is 0 Å². The Kier molecular flexibility index (Phi) is 1.14. The molecule has 0 unspecified atom stereocenters. The van der Waals surface area contributed by atoms with E-state index in [0.29, 0.717) is 6.54 Å². The molecule has 0 bridgehead atoms. The van der Waals surface area contributed by atoms with E-state index in [9.17, 15) is 9.59 Å². The summed E-state index contributed by atoms with van der Waals surface area (Å²) in [5, 5.41) is 0. The van der Waals surface area contributed by atoms with Crippen molar-refractivity contribution in [2.24, 2.45) is 0 Å². The second kappa shape index (κ2) is 1.84. The van der Waals surface area contributed by atoms with E-state index in [1.807, 2.05) is 6.92 Å². The summed E-state index contributed by atoms with van der Waals surface area (Å²) in [5.74, 6) is 0.0955. The van der Waals surface area contributed by atoms with Gasteiger partial charge >= 0.3 is 0 Å². The molecule has 1 amide bonds. The number of amides is 1. The van der Waals surface area contributed by atoms with Crippen molar-refractivity contribution in [2.45, 2.75) is 31.7 Å². The molecule has 2 rings (SSSR count). The average Bonchev–Trinajstić information content (AvgIpc) is 2.55. The minimum atomic E-state index is 0.0231. The van der Waals surface area contributed by atoms with Crippen LogP contribution in [0.2, 0.25) is 0 Å². The number of carbonyl (C=O) groups is 2. The maximum absolute atomic E-state index is 11.2. The predicted octanol–water partition coefficient (Wildman–Crippen LogP) is 0.340. The van der Waals surface area contributed by atoms with E-state index >= 15 is 0 Å². The van der Waals surface area contributed by atoms with Crippen LogP contribution in [-0.2, 0) is 9.59 Å². The molecular weight excluding hydrogens is 142 g/mol. The first-order chi connectivity index (χ1) is 5.12. The lowest BCUT2D eigenvalue weighted by atomic mass is 10.3. The number of Topliss-reactive ketones (excluding diaryl/α,β-unsaturated/α-hetero) is 1. The van der Waals surface area contributed by atoms with Crippen molar-refractivity contribution in [1.29, 1.82) is 0 Å². The molecule has 1 aliphatic heterocycles. The lowest BCUT2D eigenvalue weighted by molar-refractivity contribution is -0.130. The molecular formula is C8H11NO2.